The van der Waals surface area contributed by atoms with Crippen LogP contribution in [-0.4, -0.2) is 86.4 Å². The van der Waals surface area contributed by atoms with Crippen LogP contribution in [0.25, 0.3) is 29.9 Å². The molecule has 0 fully saturated rings. The normalized spacial score (nSPS) is 12.5. The van der Waals surface area contributed by atoms with E-state index in [4.69, 9.17) is 55.8 Å². The summed E-state index contributed by atoms with van der Waals surface area (Å²) in [7, 11) is -23.4. The van der Waals surface area contributed by atoms with Crippen LogP contribution in [0.1, 0.15) is 33.4 Å². The molecule has 0 radical (unpaired) electrons. The third kappa shape index (κ3) is 35.6. The summed E-state index contributed by atoms with van der Waals surface area (Å²) < 4.78 is 118. The quantitative estimate of drug-likeness (QED) is 0.0190. The maximum absolute atomic E-state index is 10.7. The first-order valence-corrected chi connectivity index (χ1v) is 57.2. The van der Waals surface area contributed by atoms with Gasteiger partial charge in [0, 0.05) is 15.8 Å². The number of hydrogen-bond donors (Lipinski definition) is 0. The molecule has 500 valence electrons. The van der Waals surface area contributed by atoms with Crippen molar-refractivity contribution in [1.82, 2.24) is 0 Å². The van der Waals surface area contributed by atoms with Crippen LogP contribution in [0.2, 0.25) is 118 Å². The first-order chi connectivity index (χ1) is 40.9. The number of benzene rings is 6. The van der Waals surface area contributed by atoms with Gasteiger partial charge in [0.1, 0.15) is 0 Å². The summed E-state index contributed by atoms with van der Waals surface area (Å²) in [5.74, 6) is 0. The van der Waals surface area contributed by atoms with Gasteiger partial charge in [-0.1, -0.05) is 263 Å². The Balaban J connectivity index is 0.000000729. The Morgan fingerprint density at radius 2 is 0.402 bits per heavy atom. The van der Waals surface area contributed by atoms with Gasteiger partial charge in [-0.3, -0.25) is 0 Å². The fraction of sp³-hybridized carbons (Fsp3) is 0.419. The third-order valence-electron chi connectivity index (χ3n) is 11.9. The maximum Gasteiger partial charge on any atom is 4.00 e. The molecule has 6 rings (SSSR count). The number of halogens is 6. The molecule has 0 aliphatic carbocycles. The van der Waals surface area contributed by atoms with Crippen molar-refractivity contribution in [3.63, 3.8) is 0 Å². The molecule has 0 unspecified atom stereocenters. The molecule has 6 aromatic rings. The van der Waals surface area contributed by atoms with E-state index in [1.54, 1.807) is 0 Å². The molecule has 0 N–H and O–H groups in total. The first-order valence-electron chi connectivity index (χ1n) is 29.4. The Hall–Kier alpha value is -2.58. The molecule has 0 aliphatic rings. The summed E-state index contributed by atoms with van der Waals surface area (Å²) in [6.45, 7) is 41.7. The molecule has 12 nitrogen and oxygen atoms in total. The van der Waals surface area contributed by atoms with Gasteiger partial charge in [0.05, 0.1) is 37.0 Å². The molecule has 6 aromatic carbocycles. The van der Waals surface area contributed by atoms with Crippen LogP contribution in [0.5, 0.6) is 0 Å². The fourth-order valence-corrected chi connectivity index (χ4v) is 20.2. The van der Waals surface area contributed by atoms with Crippen molar-refractivity contribution in [2.45, 2.75) is 166 Å². The van der Waals surface area contributed by atoms with Crippen molar-refractivity contribution in [3.05, 3.63) is 209 Å². The van der Waals surface area contributed by atoms with Crippen LogP contribution >= 0.6 is 15.8 Å². The van der Waals surface area contributed by atoms with Crippen LogP contribution in [0.4, 0.5) is 60.5 Å². The van der Waals surface area contributed by atoms with Gasteiger partial charge in [-0.25, -0.2) is 16.8 Å². The van der Waals surface area contributed by atoms with E-state index in [0.717, 1.165) is 37.0 Å². The topological polar surface area (TPSA) is 199 Å². The monoisotopic (exact) mass is 1780 g/mol. The molecule has 0 atom stereocenters. The molecule has 0 heterocycles. The Labute approximate surface area is 592 Å². The summed E-state index contributed by atoms with van der Waals surface area (Å²) in [5, 5.41) is 0. The van der Waals surface area contributed by atoms with E-state index in [1.165, 1.54) is 67.5 Å². The number of nitrogens with zero attached hydrogens (tertiary/aromatic N) is 6. The standard InChI is InChI=1S/2C30H45N3PSi3.2CHF3O3S.2Hf/c2*1-35(2,3)31-28-19-13-10-16-25(28)22-34(23-26-17-11-14-20-29(26)32-36(4,5)6)24-27-18-12-15-21-30(27)33-37(7,8)9;2*2-1(3,4)8(5,6)7;;/h2*10-21H,22-24H2,1-9H3;2*(H,5,6,7);;/q2*-3;;;2*+4. The molecule has 0 aliphatic heterocycles. The molecule has 0 saturated heterocycles. The van der Waals surface area contributed by atoms with Crippen molar-refractivity contribution < 1.29 is 104 Å². The van der Waals surface area contributed by atoms with E-state index in [9.17, 15) is 26.3 Å². The van der Waals surface area contributed by atoms with E-state index in [2.05, 4.69) is 263 Å². The second-order valence-corrected chi connectivity index (χ2v) is 63.1. The van der Waals surface area contributed by atoms with E-state index >= 15 is 0 Å². The van der Waals surface area contributed by atoms with Gasteiger partial charge in [0.25, 0.3) is 0 Å². The van der Waals surface area contributed by atoms with Crippen molar-refractivity contribution >= 4 is 120 Å². The Kier molecular flexibility index (Phi) is 35.0. The summed E-state index contributed by atoms with van der Waals surface area (Å²) in [4.78, 5) is 31.3. The number of hydrogen-bond acceptors (Lipinski definition) is 6. The Morgan fingerprint density at radius 1 is 0.293 bits per heavy atom. The Bertz CT molecular complexity index is 2960. The molecular formula is C62H92F6Hf2N6O6P2S2Si6+2. The zero-order chi connectivity index (χ0) is 68.5. The van der Waals surface area contributed by atoms with Crippen LogP contribution < -0.4 is 0 Å². The SMILES string of the molecule is C[Si](C)(C)[N-]c1ccccc1C[PH+](Cc1ccccc1[N-][Si](C)(C)C)Cc1ccccc1[N-][Si](C)(C)C.C[Si](C)(C)[N-]c1ccccc1C[PH+](Cc1ccccc1[N-][Si](C)(C)C)Cc1ccccc1[N-][Si](C)(C)C.O=S(=O)([O-])C(F)(F)F.O=S(=O)([O-])C(F)(F)F.[Hf+4].[Hf+4]. The van der Waals surface area contributed by atoms with Crippen molar-refractivity contribution in [1.29, 1.82) is 0 Å². The van der Waals surface area contributed by atoms with Gasteiger partial charge in [-0.05, 0) is 82.8 Å². The minimum Gasteiger partial charge on any atom is -0.741 e. The average molecular weight is 1780 g/mol. The van der Waals surface area contributed by atoms with Gasteiger partial charge >= 0.3 is 62.7 Å². The molecule has 0 saturated carbocycles. The molecule has 0 spiro atoms. The van der Waals surface area contributed by atoms with E-state index < -0.39 is 96.5 Å². The van der Waals surface area contributed by atoms with Crippen molar-refractivity contribution in [2.24, 2.45) is 0 Å². The second-order valence-electron chi connectivity index (χ2n) is 27.8. The van der Waals surface area contributed by atoms with Gasteiger partial charge in [-0.15, -0.1) is 34.1 Å². The first kappa shape index (κ1) is 87.4. The van der Waals surface area contributed by atoms with Crippen LogP contribution in [-0.2, 0) is 109 Å². The van der Waals surface area contributed by atoms with E-state index in [0.29, 0.717) is 0 Å². The molecule has 30 heteroatoms. The van der Waals surface area contributed by atoms with Crippen LogP contribution in [0.15, 0.2) is 146 Å². The van der Waals surface area contributed by atoms with Crippen molar-refractivity contribution in [2.75, 3.05) is 0 Å². The number of rotatable bonds is 24. The van der Waals surface area contributed by atoms with Gasteiger partial charge in [0.15, 0.2) is 20.2 Å². The molecular weight excluding hydrogens is 1690 g/mol. The Morgan fingerprint density at radius 3 is 0.500 bits per heavy atom. The zero-order valence-electron chi connectivity index (χ0n) is 56.3. The smallest absolute Gasteiger partial charge is 0.741 e. The van der Waals surface area contributed by atoms with Crippen molar-refractivity contribution in [3.8, 4) is 0 Å². The summed E-state index contributed by atoms with van der Waals surface area (Å²) in [6.07, 6.45) is 6.57. The minimum atomic E-state index is -6.09. The van der Waals surface area contributed by atoms with Gasteiger partial charge < -0.3 is 39.0 Å². The largest absolute Gasteiger partial charge is 4.00 e. The number of alkyl halides is 6. The summed E-state index contributed by atoms with van der Waals surface area (Å²) in [5.41, 5.74) is 4.30. The predicted octanol–water partition coefficient (Wildman–Crippen LogP) is 22.7. The molecule has 0 aromatic heterocycles. The van der Waals surface area contributed by atoms with E-state index in [-0.39, 0.29) is 51.7 Å². The van der Waals surface area contributed by atoms with Gasteiger partial charge in [0.2, 0.25) is 0 Å². The van der Waals surface area contributed by atoms with Crippen LogP contribution in [0.3, 0.4) is 0 Å². The molecule has 0 amide bonds. The summed E-state index contributed by atoms with van der Waals surface area (Å²) in [6, 6.07) is 53.1. The predicted molar refractivity (Wildman–Crippen MR) is 387 cm³/mol. The van der Waals surface area contributed by atoms with Gasteiger partial charge in [-0.2, -0.15) is 26.3 Å². The van der Waals surface area contributed by atoms with Crippen LogP contribution in [0, 0.1) is 0 Å². The molecule has 0 bridgehead atoms. The minimum absolute atomic E-state index is 0. The second kappa shape index (κ2) is 36.8. The summed E-state index contributed by atoms with van der Waals surface area (Å²) >= 11 is 0. The molecule has 92 heavy (non-hydrogen) atoms. The average Bonchev–Trinajstić information content (AvgIpc) is 0.897. The third-order valence-corrected chi connectivity index (χ3v) is 23.8. The maximum atomic E-state index is 10.7. The fourth-order valence-electron chi connectivity index (χ4n) is 8.78. The zero-order valence-corrected chi connectivity index (χ0v) is 73.1. The van der Waals surface area contributed by atoms with E-state index in [1.807, 2.05) is 0 Å².